The van der Waals surface area contributed by atoms with Crippen LogP contribution in [0.25, 0.3) is 0 Å². The second-order valence-corrected chi connectivity index (χ2v) is 9.29. The summed E-state index contributed by atoms with van der Waals surface area (Å²) < 4.78 is 5.22. The lowest BCUT2D eigenvalue weighted by Crippen LogP contribution is -2.34. The van der Waals surface area contributed by atoms with Gasteiger partial charge in [0.2, 0.25) is 0 Å². The van der Waals surface area contributed by atoms with Crippen LogP contribution in [0.3, 0.4) is 0 Å². The zero-order valence-electron chi connectivity index (χ0n) is 21.4. The normalized spacial score (nSPS) is 13.0. The minimum absolute atomic E-state index is 0.00503. The van der Waals surface area contributed by atoms with Crippen molar-refractivity contribution in [1.29, 1.82) is 0 Å². The van der Waals surface area contributed by atoms with Crippen molar-refractivity contribution in [3.05, 3.63) is 106 Å². The van der Waals surface area contributed by atoms with E-state index in [1.54, 1.807) is 48.5 Å². The quantitative estimate of drug-likeness (QED) is 0.191. The highest BCUT2D eigenvalue weighted by atomic mass is 35.5. The summed E-state index contributed by atoms with van der Waals surface area (Å²) in [5.41, 5.74) is 2.65. The van der Waals surface area contributed by atoms with Crippen LogP contribution in [0.4, 0.5) is 11.4 Å². The maximum atomic E-state index is 12.9. The van der Waals surface area contributed by atoms with Crippen LogP contribution in [0.15, 0.2) is 89.6 Å². The maximum absolute atomic E-state index is 12.9. The summed E-state index contributed by atoms with van der Waals surface area (Å²) in [4.78, 5) is 51.5. The Kier molecular flexibility index (Phi) is 9.12. The highest BCUT2D eigenvalue weighted by molar-refractivity contribution is 6.48. The highest BCUT2D eigenvalue weighted by Crippen LogP contribution is 2.26. The second-order valence-electron chi connectivity index (χ2n) is 8.91. The van der Waals surface area contributed by atoms with Crippen LogP contribution in [0.5, 0.6) is 0 Å². The number of imide groups is 1. The molecule has 0 radical (unpaired) electrons. The monoisotopic (exact) mass is 545 g/mol. The molecule has 1 aliphatic heterocycles. The molecule has 0 aliphatic carbocycles. The lowest BCUT2D eigenvalue weighted by atomic mass is 10.1. The van der Waals surface area contributed by atoms with Crippen molar-refractivity contribution < 1.29 is 23.9 Å². The van der Waals surface area contributed by atoms with E-state index < -0.39 is 17.8 Å². The molecule has 0 saturated heterocycles. The van der Waals surface area contributed by atoms with E-state index in [1.807, 2.05) is 37.3 Å². The van der Waals surface area contributed by atoms with Crippen LogP contribution in [0, 0.1) is 0 Å². The number of carbonyl (C=O) groups is 4. The molecule has 9 heteroatoms. The van der Waals surface area contributed by atoms with Gasteiger partial charge in [0.05, 0.1) is 12.2 Å². The van der Waals surface area contributed by atoms with Gasteiger partial charge in [-0.3, -0.25) is 19.3 Å². The lowest BCUT2D eigenvalue weighted by molar-refractivity contribution is -0.137. The van der Waals surface area contributed by atoms with Gasteiger partial charge in [-0.05, 0) is 60.9 Å². The summed E-state index contributed by atoms with van der Waals surface area (Å²) in [5, 5.41) is 5.49. The Balaban J connectivity index is 1.36. The summed E-state index contributed by atoms with van der Waals surface area (Å²) in [6.45, 7) is 2.57. The topological polar surface area (TPSA) is 105 Å². The molecule has 8 nitrogen and oxygen atoms in total. The van der Waals surface area contributed by atoms with Gasteiger partial charge in [-0.25, -0.2) is 4.79 Å². The van der Waals surface area contributed by atoms with Crippen LogP contribution < -0.4 is 10.6 Å². The number of nitrogens with one attached hydrogen (secondary N) is 2. The molecule has 4 rings (SSSR count). The molecule has 1 heterocycles. The van der Waals surface area contributed by atoms with E-state index in [4.69, 9.17) is 16.3 Å². The Morgan fingerprint density at radius 2 is 1.62 bits per heavy atom. The number of ether oxygens (including phenoxy) is 1. The van der Waals surface area contributed by atoms with Crippen molar-refractivity contribution in [3.8, 4) is 0 Å². The molecular formula is C30H28ClN3O5. The van der Waals surface area contributed by atoms with E-state index >= 15 is 0 Å². The first-order valence-corrected chi connectivity index (χ1v) is 13.0. The lowest BCUT2D eigenvalue weighted by Gasteiger charge is -2.15. The number of hydrogen-bond donors (Lipinski definition) is 2. The fourth-order valence-corrected chi connectivity index (χ4v) is 4.14. The van der Waals surface area contributed by atoms with Crippen molar-refractivity contribution in [1.82, 2.24) is 4.90 Å². The van der Waals surface area contributed by atoms with E-state index in [0.717, 1.165) is 23.3 Å². The molecule has 2 N–H and O–H groups in total. The van der Waals surface area contributed by atoms with Crippen LogP contribution in [0.1, 0.15) is 46.0 Å². The van der Waals surface area contributed by atoms with Gasteiger partial charge in [0.1, 0.15) is 10.7 Å². The average Bonchev–Trinajstić information content (AvgIpc) is 3.15. The van der Waals surface area contributed by atoms with Crippen molar-refractivity contribution in [3.63, 3.8) is 0 Å². The highest BCUT2D eigenvalue weighted by Gasteiger charge is 2.37. The average molecular weight is 546 g/mol. The van der Waals surface area contributed by atoms with Crippen LogP contribution >= 0.6 is 11.6 Å². The molecule has 1 aliphatic rings. The van der Waals surface area contributed by atoms with Gasteiger partial charge in [-0.2, -0.15) is 0 Å². The Hall–Kier alpha value is -4.43. The predicted octanol–water partition coefficient (Wildman–Crippen LogP) is 5.37. The smallest absolute Gasteiger partial charge is 0.338 e. The van der Waals surface area contributed by atoms with E-state index in [2.05, 4.69) is 10.6 Å². The third-order valence-electron chi connectivity index (χ3n) is 6.08. The van der Waals surface area contributed by atoms with Gasteiger partial charge in [0, 0.05) is 23.5 Å². The number of benzene rings is 3. The third-order valence-corrected chi connectivity index (χ3v) is 6.43. The Morgan fingerprint density at radius 3 is 2.33 bits per heavy atom. The number of nitrogens with zero attached hydrogens (tertiary/aromatic N) is 1. The first kappa shape index (κ1) is 27.6. The number of hydrogen-bond acceptors (Lipinski definition) is 6. The molecule has 0 atom stereocenters. The van der Waals surface area contributed by atoms with E-state index in [-0.39, 0.29) is 23.2 Å². The molecule has 0 saturated carbocycles. The minimum Gasteiger partial charge on any atom is -0.462 e. The SMILES string of the molecule is CCCCOC(=O)c1cccc(NC(=O)c2ccc(NC3=C(Cl)C(=O)N(CCc4ccccc4)C3=O)cc2)c1. The van der Waals surface area contributed by atoms with Crippen LogP contribution in [0.2, 0.25) is 0 Å². The van der Waals surface area contributed by atoms with Crippen molar-refractivity contribution in [2.24, 2.45) is 0 Å². The minimum atomic E-state index is -0.549. The Morgan fingerprint density at radius 1 is 0.872 bits per heavy atom. The van der Waals surface area contributed by atoms with Crippen molar-refractivity contribution >= 4 is 46.7 Å². The first-order valence-electron chi connectivity index (χ1n) is 12.6. The number of rotatable bonds is 11. The molecule has 3 amide bonds. The van der Waals surface area contributed by atoms with Gasteiger partial charge >= 0.3 is 5.97 Å². The van der Waals surface area contributed by atoms with Crippen molar-refractivity contribution in [2.75, 3.05) is 23.8 Å². The summed E-state index contributed by atoms with van der Waals surface area (Å²) in [5.74, 6) is -1.88. The second kappa shape index (κ2) is 12.9. The Labute approximate surface area is 231 Å². The molecule has 3 aromatic carbocycles. The van der Waals surface area contributed by atoms with Crippen LogP contribution in [-0.4, -0.2) is 41.7 Å². The fourth-order valence-electron chi connectivity index (χ4n) is 3.91. The largest absolute Gasteiger partial charge is 0.462 e. The zero-order chi connectivity index (χ0) is 27.8. The van der Waals surface area contributed by atoms with Crippen LogP contribution in [-0.2, 0) is 20.7 Å². The molecule has 0 spiro atoms. The van der Waals surface area contributed by atoms with E-state index in [1.165, 1.54) is 0 Å². The third kappa shape index (κ3) is 6.91. The zero-order valence-corrected chi connectivity index (χ0v) is 22.2. The van der Waals surface area contributed by atoms with Gasteiger partial charge < -0.3 is 15.4 Å². The van der Waals surface area contributed by atoms with Crippen molar-refractivity contribution in [2.45, 2.75) is 26.2 Å². The number of halogens is 1. The number of esters is 1. The summed E-state index contributed by atoms with van der Waals surface area (Å²) in [6, 6.07) is 22.4. The number of carbonyl (C=O) groups excluding carboxylic acids is 4. The fraction of sp³-hybridized carbons (Fsp3) is 0.200. The van der Waals surface area contributed by atoms with Gasteiger partial charge in [-0.15, -0.1) is 0 Å². The number of unbranched alkanes of at least 4 members (excludes halogenated alkanes) is 1. The summed E-state index contributed by atoms with van der Waals surface area (Å²) >= 11 is 6.20. The molecule has 3 aromatic rings. The standard InChI is InChI=1S/C30H28ClN3O5/c1-2-3-18-39-30(38)22-10-7-11-24(19-22)33-27(35)21-12-14-23(15-13-21)32-26-25(31)28(36)34(29(26)37)17-16-20-8-5-4-6-9-20/h4-15,19,32H,2-3,16-18H2,1H3,(H,33,35). The molecule has 0 bridgehead atoms. The molecular weight excluding hydrogens is 518 g/mol. The molecule has 0 unspecified atom stereocenters. The van der Waals surface area contributed by atoms with E-state index in [9.17, 15) is 19.2 Å². The van der Waals surface area contributed by atoms with Gasteiger partial charge in [0.15, 0.2) is 0 Å². The van der Waals surface area contributed by atoms with Gasteiger partial charge in [0.25, 0.3) is 17.7 Å². The first-order chi connectivity index (χ1) is 18.9. The molecule has 39 heavy (non-hydrogen) atoms. The van der Waals surface area contributed by atoms with Gasteiger partial charge in [-0.1, -0.05) is 61.3 Å². The number of amides is 3. The van der Waals surface area contributed by atoms with E-state index in [0.29, 0.717) is 35.5 Å². The summed E-state index contributed by atoms with van der Waals surface area (Å²) in [7, 11) is 0. The maximum Gasteiger partial charge on any atom is 0.338 e. The Bertz CT molecular complexity index is 1400. The molecule has 0 fully saturated rings. The number of anilines is 2. The summed E-state index contributed by atoms with van der Waals surface area (Å²) in [6.07, 6.45) is 2.22. The molecule has 200 valence electrons. The molecule has 0 aromatic heterocycles. The predicted molar refractivity (Wildman–Crippen MR) is 149 cm³/mol.